The highest BCUT2D eigenvalue weighted by atomic mass is 16.4. The molecule has 0 unspecified atom stereocenters. The van der Waals surface area contributed by atoms with Crippen LogP contribution in [-0.4, -0.2) is 74.4 Å². The Labute approximate surface area is 142 Å². The SMILES string of the molecule is C[C@@H](O)[C@H](NC(=O)[C@H](CCC(=O)O)NC(=O)[C@@H](N)CC(=O)O)C(=O)O. The van der Waals surface area contributed by atoms with Crippen LogP contribution in [0.25, 0.3) is 0 Å². The van der Waals surface area contributed by atoms with Crippen LogP contribution < -0.4 is 16.4 Å². The Balaban J connectivity index is 5.10. The normalized spacial score (nSPS) is 15.3. The van der Waals surface area contributed by atoms with E-state index in [0.717, 1.165) is 6.92 Å². The molecule has 0 aliphatic carbocycles. The van der Waals surface area contributed by atoms with E-state index in [1.165, 1.54) is 0 Å². The molecular formula is C13H21N3O9. The van der Waals surface area contributed by atoms with Crippen molar-refractivity contribution in [2.24, 2.45) is 5.73 Å². The zero-order valence-electron chi connectivity index (χ0n) is 13.3. The molecule has 0 aromatic heterocycles. The number of hydrogen-bond donors (Lipinski definition) is 7. The highest BCUT2D eigenvalue weighted by Crippen LogP contribution is 2.02. The van der Waals surface area contributed by atoms with E-state index in [0.29, 0.717) is 0 Å². The van der Waals surface area contributed by atoms with E-state index in [4.69, 9.17) is 21.1 Å². The molecule has 0 spiro atoms. The van der Waals surface area contributed by atoms with Crippen molar-refractivity contribution in [3.8, 4) is 0 Å². The highest BCUT2D eigenvalue weighted by molar-refractivity contribution is 5.93. The molecule has 0 aliphatic rings. The topological polar surface area (TPSA) is 216 Å². The van der Waals surface area contributed by atoms with Gasteiger partial charge in [0.05, 0.1) is 18.6 Å². The van der Waals surface area contributed by atoms with E-state index >= 15 is 0 Å². The molecule has 12 nitrogen and oxygen atoms in total. The summed E-state index contributed by atoms with van der Waals surface area (Å²) in [5, 5.41) is 39.6. The fourth-order valence-electron chi connectivity index (χ4n) is 1.74. The van der Waals surface area contributed by atoms with Gasteiger partial charge in [0.2, 0.25) is 11.8 Å². The number of carbonyl (C=O) groups is 5. The van der Waals surface area contributed by atoms with Crippen LogP contribution in [0.5, 0.6) is 0 Å². The number of aliphatic hydroxyl groups excluding tert-OH is 1. The number of aliphatic hydroxyl groups is 1. The summed E-state index contributed by atoms with van der Waals surface area (Å²) < 4.78 is 0. The van der Waals surface area contributed by atoms with Crippen LogP contribution in [0.3, 0.4) is 0 Å². The van der Waals surface area contributed by atoms with Crippen LogP contribution in [-0.2, 0) is 24.0 Å². The zero-order valence-corrected chi connectivity index (χ0v) is 13.3. The molecule has 4 atom stereocenters. The Morgan fingerprint density at radius 1 is 0.960 bits per heavy atom. The first-order chi connectivity index (χ1) is 11.5. The Bertz CT molecular complexity index is 535. The summed E-state index contributed by atoms with van der Waals surface area (Å²) in [6.07, 6.45) is -3.09. The van der Waals surface area contributed by atoms with Crippen LogP contribution >= 0.6 is 0 Å². The average molecular weight is 363 g/mol. The summed E-state index contributed by atoms with van der Waals surface area (Å²) in [5.74, 6) is -6.22. The van der Waals surface area contributed by atoms with E-state index in [1.807, 2.05) is 5.32 Å². The lowest BCUT2D eigenvalue weighted by Gasteiger charge is -2.23. The maximum atomic E-state index is 12.1. The van der Waals surface area contributed by atoms with Gasteiger partial charge in [0.25, 0.3) is 0 Å². The van der Waals surface area contributed by atoms with Crippen LogP contribution in [0, 0.1) is 0 Å². The number of rotatable bonds is 11. The Morgan fingerprint density at radius 3 is 1.92 bits per heavy atom. The lowest BCUT2D eigenvalue weighted by molar-refractivity contribution is -0.146. The lowest BCUT2D eigenvalue weighted by atomic mass is 10.1. The molecule has 0 aromatic rings. The van der Waals surface area contributed by atoms with E-state index in [2.05, 4.69) is 5.32 Å². The van der Waals surface area contributed by atoms with Crippen molar-refractivity contribution in [1.29, 1.82) is 0 Å². The first kappa shape index (κ1) is 22.3. The minimum absolute atomic E-state index is 0.390. The number of nitrogens with two attached hydrogens (primary N) is 1. The molecule has 2 amide bonds. The third kappa shape index (κ3) is 8.62. The quantitative estimate of drug-likeness (QED) is 0.198. The number of carboxylic acids is 3. The van der Waals surface area contributed by atoms with Crippen LogP contribution in [0.15, 0.2) is 0 Å². The van der Waals surface area contributed by atoms with Gasteiger partial charge in [0.1, 0.15) is 6.04 Å². The third-order valence-corrected chi connectivity index (χ3v) is 3.06. The number of amides is 2. The van der Waals surface area contributed by atoms with Gasteiger partial charge in [0.15, 0.2) is 6.04 Å². The highest BCUT2D eigenvalue weighted by Gasteiger charge is 2.30. The summed E-state index contributed by atoms with van der Waals surface area (Å²) in [6.45, 7) is 1.12. The van der Waals surface area contributed by atoms with E-state index in [-0.39, 0.29) is 0 Å². The Kier molecular flexibility index (Phi) is 9.09. The van der Waals surface area contributed by atoms with Crippen molar-refractivity contribution >= 4 is 29.7 Å². The number of aliphatic carboxylic acids is 3. The molecule has 0 rings (SSSR count). The Hall–Kier alpha value is -2.73. The number of carbonyl (C=O) groups excluding carboxylic acids is 2. The van der Waals surface area contributed by atoms with Gasteiger partial charge < -0.3 is 36.8 Å². The maximum absolute atomic E-state index is 12.1. The van der Waals surface area contributed by atoms with E-state index in [9.17, 15) is 29.1 Å². The predicted octanol–water partition coefficient (Wildman–Crippen LogP) is -2.91. The molecule has 0 aliphatic heterocycles. The molecule has 0 radical (unpaired) electrons. The van der Waals surface area contributed by atoms with Gasteiger partial charge in [-0.25, -0.2) is 4.79 Å². The maximum Gasteiger partial charge on any atom is 0.328 e. The molecule has 8 N–H and O–H groups in total. The standard InChI is InChI=1S/C13H21N3O9/c1-5(17)10(13(24)25)16-12(23)7(2-3-8(18)19)15-11(22)6(14)4-9(20)21/h5-7,10,17H,2-4,14H2,1H3,(H,15,22)(H,16,23)(H,18,19)(H,20,21)(H,24,25)/t5-,6+,7+,10+/m1/s1. The van der Waals surface area contributed by atoms with Gasteiger partial charge in [-0.05, 0) is 13.3 Å². The van der Waals surface area contributed by atoms with Gasteiger partial charge in [-0.1, -0.05) is 0 Å². The summed E-state index contributed by atoms with van der Waals surface area (Å²) in [4.78, 5) is 56.1. The largest absolute Gasteiger partial charge is 0.481 e. The summed E-state index contributed by atoms with van der Waals surface area (Å²) in [5.41, 5.74) is 5.35. The van der Waals surface area contributed by atoms with Crippen molar-refractivity contribution < 1.29 is 44.4 Å². The molecule has 0 bridgehead atoms. The molecular weight excluding hydrogens is 342 g/mol. The fourth-order valence-corrected chi connectivity index (χ4v) is 1.74. The molecule has 0 saturated heterocycles. The van der Waals surface area contributed by atoms with Crippen molar-refractivity contribution in [3.05, 3.63) is 0 Å². The first-order valence-corrected chi connectivity index (χ1v) is 7.16. The van der Waals surface area contributed by atoms with Crippen LogP contribution in [0.1, 0.15) is 26.2 Å². The third-order valence-electron chi connectivity index (χ3n) is 3.06. The van der Waals surface area contributed by atoms with Gasteiger partial charge in [-0.2, -0.15) is 0 Å². The van der Waals surface area contributed by atoms with Gasteiger partial charge in [0, 0.05) is 6.42 Å². The summed E-state index contributed by atoms with van der Waals surface area (Å²) >= 11 is 0. The van der Waals surface area contributed by atoms with Gasteiger partial charge in [-0.15, -0.1) is 0 Å². The van der Waals surface area contributed by atoms with Crippen molar-refractivity contribution in [3.63, 3.8) is 0 Å². The summed E-state index contributed by atoms with van der Waals surface area (Å²) in [7, 11) is 0. The van der Waals surface area contributed by atoms with Crippen molar-refractivity contribution in [1.82, 2.24) is 10.6 Å². The smallest absolute Gasteiger partial charge is 0.328 e. The number of carboxylic acid groups (broad SMARTS) is 3. The minimum Gasteiger partial charge on any atom is -0.481 e. The Morgan fingerprint density at radius 2 is 1.52 bits per heavy atom. The lowest BCUT2D eigenvalue weighted by Crippen LogP contribution is -2.56. The molecule has 12 heteroatoms. The number of hydrogen-bond acceptors (Lipinski definition) is 7. The van der Waals surface area contributed by atoms with Crippen molar-refractivity contribution in [2.75, 3.05) is 0 Å². The molecule has 0 fully saturated rings. The molecule has 142 valence electrons. The molecule has 0 heterocycles. The van der Waals surface area contributed by atoms with Crippen LogP contribution in [0.4, 0.5) is 0 Å². The molecule has 0 aromatic carbocycles. The zero-order chi connectivity index (χ0) is 19.7. The molecule has 0 saturated carbocycles. The van der Waals surface area contributed by atoms with Gasteiger partial charge in [-0.3, -0.25) is 19.2 Å². The first-order valence-electron chi connectivity index (χ1n) is 7.16. The minimum atomic E-state index is -1.68. The monoisotopic (exact) mass is 363 g/mol. The average Bonchev–Trinajstić information content (AvgIpc) is 2.46. The molecule has 25 heavy (non-hydrogen) atoms. The van der Waals surface area contributed by atoms with E-state index in [1.54, 1.807) is 0 Å². The second-order valence-corrected chi connectivity index (χ2v) is 5.26. The fraction of sp³-hybridized carbons (Fsp3) is 0.615. The second-order valence-electron chi connectivity index (χ2n) is 5.26. The number of nitrogens with one attached hydrogen (secondary N) is 2. The predicted molar refractivity (Wildman–Crippen MR) is 80.3 cm³/mol. The van der Waals surface area contributed by atoms with Crippen LogP contribution in [0.2, 0.25) is 0 Å². The van der Waals surface area contributed by atoms with E-state index < -0.39 is 73.2 Å². The van der Waals surface area contributed by atoms with Gasteiger partial charge >= 0.3 is 17.9 Å². The summed E-state index contributed by atoms with van der Waals surface area (Å²) in [6, 6.07) is -4.63. The van der Waals surface area contributed by atoms with Crippen molar-refractivity contribution in [2.45, 2.75) is 50.4 Å². The second kappa shape index (κ2) is 10.2.